The van der Waals surface area contributed by atoms with Crippen molar-refractivity contribution in [3.05, 3.63) is 60.8 Å². The van der Waals surface area contributed by atoms with Gasteiger partial charge in [-0.05, 0) is 44.9 Å². The molecule has 454 valence electrons. The molecule has 0 aromatic rings. The number of esters is 3. The molecule has 0 rings (SSSR count). The first-order valence-electron chi connectivity index (χ1n) is 34.3. The molecule has 6 nitrogen and oxygen atoms in total. The Bertz CT molecular complexity index is 1390. The van der Waals surface area contributed by atoms with Crippen molar-refractivity contribution in [2.24, 2.45) is 0 Å². The Morgan fingerprint density at radius 3 is 0.782 bits per heavy atom. The Balaban J connectivity index is 4.26. The minimum atomic E-state index is -0.812. The number of carbonyl (C=O) groups excluding carboxylic acids is 3. The second kappa shape index (κ2) is 66.6. The van der Waals surface area contributed by atoms with Gasteiger partial charge in [0.05, 0.1) is 6.42 Å². The van der Waals surface area contributed by atoms with Crippen LogP contribution in [-0.4, -0.2) is 37.2 Å². The third-order valence-electron chi connectivity index (χ3n) is 15.3. The van der Waals surface area contributed by atoms with Gasteiger partial charge in [0.1, 0.15) is 13.2 Å². The molecule has 1 atom stereocenters. The van der Waals surface area contributed by atoms with Gasteiger partial charge in [0.15, 0.2) is 6.10 Å². The molecule has 0 radical (unpaired) electrons. The van der Waals surface area contributed by atoms with E-state index in [2.05, 4.69) is 69.4 Å². The molecule has 0 amide bonds. The molecule has 0 aromatic carbocycles. The highest BCUT2D eigenvalue weighted by Gasteiger charge is 2.19. The molecule has 0 saturated heterocycles. The number of allylic oxidation sites excluding steroid dienone is 9. The molecule has 0 fully saturated rings. The highest BCUT2D eigenvalue weighted by atomic mass is 16.6. The van der Waals surface area contributed by atoms with E-state index in [4.69, 9.17) is 14.2 Å². The molecule has 0 bridgehead atoms. The SMILES string of the molecule is CC/C=C\C/C=C\C/C=C\C/C=C\C/C=C\CC(=O)OCC(COC(=O)CCCCCCCCCCCCCCCCCCCCCCCCCCCCCC)OC(=O)CCCCCCCCCCCCCCCCCCC. The molecule has 0 spiro atoms. The molecule has 0 aliphatic carbocycles. The van der Waals surface area contributed by atoms with Crippen LogP contribution in [-0.2, 0) is 28.6 Å². The predicted molar refractivity (Wildman–Crippen MR) is 339 cm³/mol. The van der Waals surface area contributed by atoms with Gasteiger partial charge in [-0.1, -0.05) is 358 Å². The van der Waals surface area contributed by atoms with Gasteiger partial charge < -0.3 is 14.2 Å². The van der Waals surface area contributed by atoms with Crippen molar-refractivity contribution in [3.8, 4) is 0 Å². The zero-order valence-corrected chi connectivity index (χ0v) is 52.2. The maximum atomic E-state index is 12.9. The standard InChI is InChI=1S/C72H130O6/c1-4-7-10-13-16-19-22-25-28-30-31-32-33-34-35-36-37-38-39-40-42-44-47-50-53-56-59-62-65-71(74)77-68-69(67-76-70(73)64-61-58-55-52-49-46-43-27-24-21-18-15-12-9-6-3)78-72(75)66-63-60-57-54-51-48-45-41-29-26-23-20-17-14-11-8-5-2/h9,12,18,21,27,43,49,52,58,61,69H,4-8,10-11,13-17,19-20,22-26,28-42,44-48,50-51,53-57,59-60,62-68H2,1-3H3/b12-9-,21-18-,43-27-,52-49-,61-58-. The Hall–Kier alpha value is -2.89. The maximum absolute atomic E-state index is 12.9. The van der Waals surface area contributed by atoms with Crippen LogP contribution in [0.1, 0.15) is 361 Å². The fourth-order valence-electron chi connectivity index (χ4n) is 10.2. The van der Waals surface area contributed by atoms with Gasteiger partial charge in [0.25, 0.3) is 0 Å². The normalized spacial score (nSPS) is 12.4. The lowest BCUT2D eigenvalue weighted by Crippen LogP contribution is -2.30. The monoisotopic (exact) mass is 1090 g/mol. The van der Waals surface area contributed by atoms with Gasteiger partial charge in [-0.15, -0.1) is 0 Å². The van der Waals surface area contributed by atoms with Crippen molar-refractivity contribution < 1.29 is 28.6 Å². The number of hydrogen-bond acceptors (Lipinski definition) is 6. The second-order valence-electron chi connectivity index (χ2n) is 23.1. The van der Waals surface area contributed by atoms with Crippen LogP contribution in [0.25, 0.3) is 0 Å². The Morgan fingerprint density at radius 1 is 0.269 bits per heavy atom. The van der Waals surface area contributed by atoms with Crippen molar-refractivity contribution in [1.82, 2.24) is 0 Å². The largest absolute Gasteiger partial charge is 0.462 e. The zero-order chi connectivity index (χ0) is 56.4. The zero-order valence-electron chi connectivity index (χ0n) is 52.2. The summed E-state index contributed by atoms with van der Waals surface area (Å²) < 4.78 is 16.9. The van der Waals surface area contributed by atoms with Gasteiger partial charge in [-0.3, -0.25) is 14.4 Å². The van der Waals surface area contributed by atoms with Gasteiger partial charge in [-0.25, -0.2) is 0 Å². The average Bonchev–Trinajstić information content (AvgIpc) is 3.44. The second-order valence-corrected chi connectivity index (χ2v) is 23.1. The van der Waals surface area contributed by atoms with Crippen LogP contribution >= 0.6 is 0 Å². The van der Waals surface area contributed by atoms with Gasteiger partial charge in [-0.2, -0.15) is 0 Å². The van der Waals surface area contributed by atoms with E-state index >= 15 is 0 Å². The Kier molecular flexibility index (Phi) is 64.2. The maximum Gasteiger partial charge on any atom is 0.309 e. The average molecular weight is 1090 g/mol. The van der Waals surface area contributed by atoms with Gasteiger partial charge in [0.2, 0.25) is 0 Å². The smallest absolute Gasteiger partial charge is 0.309 e. The lowest BCUT2D eigenvalue weighted by atomic mass is 10.0. The van der Waals surface area contributed by atoms with Crippen LogP contribution in [0, 0.1) is 0 Å². The van der Waals surface area contributed by atoms with Crippen molar-refractivity contribution in [3.63, 3.8) is 0 Å². The number of unbranched alkanes of at least 4 members (excludes halogenated alkanes) is 43. The van der Waals surface area contributed by atoms with E-state index in [1.807, 2.05) is 12.2 Å². The van der Waals surface area contributed by atoms with Gasteiger partial charge in [0, 0.05) is 12.8 Å². The number of rotatable bonds is 63. The van der Waals surface area contributed by atoms with Crippen LogP contribution in [0.4, 0.5) is 0 Å². The van der Waals surface area contributed by atoms with Crippen molar-refractivity contribution >= 4 is 17.9 Å². The summed E-state index contributed by atoms with van der Waals surface area (Å²) in [7, 11) is 0. The molecular formula is C72H130O6. The first kappa shape index (κ1) is 75.1. The molecule has 0 aliphatic heterocycles. The molecule has 0 saturated carbocycles. The first-order valence-corrected chi connectivity index (χ1v) is 34.3. The summed E-state index contributed by atoms with van der Waals surface area (Å²) >= 11 is 0. The third-order valence-corrected chi connectivity index (χ3v) is 15.3. The van der Waals surface area contributed by atoms with E-state index in [-0.39, 0.29) is 31.6 Å². The third kappa shape index (κ3) is 63.9. The Morgan fingerprint density at radius 2 is 0.500 bits per heavy atom. The highest BCUT2D eigenvalue weighted by molar-refractivity contribution is 5.72. The fraction of sp³-hybridized carbons (Fsp3) is 0.819. The van der Waals surface area contributed by atoms with Crippen molar-refractivity contribution in [2.75, 3.05) is 13.2 Å². The topological polar surface area (TPSA) is 78.9 Å². The summed E-state index contributed by atoms with van der Waals surface area (Å²) in [6, 6.07) is 0. The van der Waals surface area contributed by atoms with Crippen LogP contribution < -0.4 is 0 Å². The summed E-state index contributed by atoms with van der Waals surface area (Å²) in [5.74, 6) is -1.01. The van der Waals surface area contributed by atoms with Crippen LogP contribution in [0.15, 0.2) is 60.8 Å². The number of carbonyl (C=O) groups is 3. The minimum Gasteiger partial charge on any atom is -0.462 e. The van der Waals surface area contributed by atoms with E-state index in [1.165, 1.54) is 250 Å². The molecule has 78 heavy (non-hydrogen) atoms. The van der Waals surface area contributed by atoms with Crippen LogP contribution in [0.3, 0.4) is 0 Å². The molecule has 0 heterocycles. The summed E-state index contributed by atoms with van der Waals surface area (Å²) in [6.07, 6.45) is 85.7. The highest BCUT2D eigenvalue weighted by Crippen LogP contribution is 2.18. The number of ether oxygens (including phenoxy) is 3. The molecule has 0 N–H and O–H groups in total. The first-order chi connectivity index (χ1) is 38.5. The van der Waals surface area contributed by atoms with E-state index < -0.39 is 12.1 Å². The predicted octanol–water partition coefficient (Wildman–Crippen LogP) is 23.5. The van der Waals surface area contributed by atoms with E-state index in [1.54, 1.807) is 0 Å². The minimum absolute atomic E-state index is 0.0991. The van der Waals surface area contributed by atoms with Crippen LogP contribution in [0.2, 0.25) is 0 Å². The van der Waals surface area contributed by atoms with Crippen LogP contribution in [0.5, 0.6) is 0 Å². The summed E-state index contributed by atoms with van der Waals surface area (Å²) in [6.45, 7) is 6.50. The molecule has 0 aliphatic rings. The summed E-state index contributed by atoms with van der Waals surface area (Å²) in [4.78, 5) is 38.3. The number of hydrogen-bond donors (Lipinski definition) is 0. The lowest BCUT2D eigenvalue weighted by Gasteiger charge is -2.18. The fourth-order valence-corrected chi connectivity index (χ4v) is 10.2. The molecule has 1 unspecified atom stereocenters. The summed E-state index contributed by atoms with van der Waals surface area (Å²) in [5, 5.41) is 0. The van der Waals surface area contributed by atoms with Gasteiger partial charge >= 0.3 is 17.9 Å². The van der Waals surface area contributed by atoms with E-state index in [0.717, 1.165) is 70.6 Å². The van der Waals surface area contributed by atoms with E-state index in [0.29, 0.717) is 12.8 Å². The molecule has 6 heteroatoms. The lowest BCUT2D eigenvalue weighted by molar-refractivity contribution is -0.166. The van der Waals surface area contributed by atoms with Crippen molar-refractivity contribution in [1.29, 1.82) is 0 Å². The Labute approximate surface area is 485 Å². The van der Waals surface area contributed by atoms with Crippen molar-refractivity contribution in [2.45, 2.75) is 367 Å². The summed E-state index contributed by atoms with van der Waals surface area (Å²) in [5.41, 5.74) is 0. The molecule has 0 aromatic heterocycles. The molecular weight excluding hydrogens is 961 g/mol. The quantitative estimate of drug-likeness (QED) is 0.0261. The van der Waals surface area contributed by atoms with E-state index in [9.17, 15) is 14.4 Å².